The van der Waals surface area contributed by atoms with Crippen LogP contribution >= 0.6 is 51.6 Å². The lowest BCUT2D eigenvalue weighted by Crippen LogP contribution is -2.05. The lowest BCUT2D eigenvalue weighted by atomic mass is 10.0. The fourth-order valence-electron chi connectivity index (χ4n) is 3.37. The number of aromatic nitrogens is 5. The minimum absolute atomic E-state index is 0.196. The lowest BCUT2D eigenvalue weighted by molar-refractivity contribution is 0.523. The van der Waals surface area contributed by atoms with Gasteiger partial charge in [0.1, 0.15) is 10.8 Å². The minimum atomic E-state index is 0.196. The average molecular weight is 480 g/mol. The van der Waals surface area contributed by atoms with Gasteiger partial charge in [0.05, 0.1) is 18.0 Å². The van der Waals surface area contributed by atoms with Crippen molar-refractivity contribution in [1.29, 1.82) is 0 Å². The quantitative estimate of drug-likeness (QED) is 0.223. The Kier molecular flexibility index (Phi) is 4.52. The molecular weight excluding hydrogens is 467 g/mol. The zero-order chi connectivity index (χ0) is 16.0. The fourth-order valence-corrected chi connectivity index (χ4v) is 4.90. The molecule has 0 N–H and O–H groups in total. The van der Waals surface area contributed by atoms with Crippen LogP contribution in [0.3, 0.4) is 0 Å². The van der Waals surface area contributed by atoms with Crippen LogP contribution in [0.5, 0.6) is 0 Å². The second-order valence-corrected chi connectivity index (χ2v) is 8.48. The van der Waals surface area contributed by atoms with Gasteiger partial charge in [0, 0.05) is 18.4 Å². The second-order valence-electron chi connectivity index (χ2n) is 5.71. The molecule has 0 aromatic carbocycles. The van der Waals surface area contributed by atoms with Crippen LogP contribution in [-0.2, 0) is 0 Å². The molecule has 1 saturated carbocycles. The number of nitrogens with zero attached hydrogens (tertiary/aromatic N) is 5. The van der Waals surface area contributed by atoms with Crippen molar-refractivity contribution in [3.63, 3.8) is 0 Å². The molecule has 5 nitrogen and oxygen atoms in total. The molecule has 1 aliphatic rings. The summed E-state index contributed by atoms with van der Waals surface area (Å²) >= 11 is 14.5. The van der Waals surface area contributed by atoms with Crippen molar-refractivity contribution in [3.05, 3.63) is 40.7 Å². The Morgan fingerprint density at radius 2 is 2.13 bits per heavy atom. The van der Waals surface area contributed by atoms with Crippen LogP contribution in [0.25, 0.3) is 11.0 Å². The SMILES string of the molecule is Clc1nc(Cl)c2ccn(C3CCC(c4cnn(PI)c4)C3)c2n1. The smallest absolute Gasteiger partial charge is 0.225 e. The summed E-state index contributed by atoms with van der Waals surface area (Å²) in [5.74, 6) is 0.548. The van der Waals surface area contributed by atoms with Gasteiger partial charge in [-0.15, -0.1) is 0 Å². The van der Waals surface area contributed by atoms with Crippen molar-refractivity contribution < 1.29 is 0 Å². The molecule has 0 amide bonds. The van der Waals surface area contributed by atoms with Crippen LogP contribution in [0.1, 0.15) is 36.8 Å². The first-order valence-electron chi connectivity index (χ1n) is 7.26. The predicted molar refractivity (Wildman–Crippen MR) is 103 cm³/mol. The van der Waals surface area contributed by atoms with Crippen molar-refractivity contribution in [2.24, 2.45) is 0 Å². The summed E-state index contributed by atoms with van der Waals surface area (Å²) in [4.78, 5) is 8.38. The summed E-state index contributed by atoms with van der Waals surface area (Å²) in [6.07, 6.45) is 10.2. The van der Waals surface area contributed by atoms with Gasteiger partial charge in [-0.05, 0) is 70.5 Å². The number of fused-ring (bicyclic) bond motifs is 1. The molecule has 3 unspecified atom stereocenters. The van der Waals surface area contributed by atoms with E-state index in [1.807, 2.05) is 22.9 Å². The molecular formula is C14H13Cl2IN5P. The lowest BCUT2D eigenvalue weighted by Gasteiger charge is -2.14. The first-order valence-corrected chi connectivity index (χ1v) is 12.1. The topological polar surface area (TPSA) is 48.5 Å². The first kappa shape index (κ1) is 16.1. The molecule has 3 aromatic rings. The Morgan fingerprint density at radius 1 is 1.26 bits per heavy atom. The van der Waals surface area contributed by atoms with E-state index in [2.05, 4.69) is 47.9 Å². The van der Waals surface area contributed by atoms with Crippen LogP contribution in [0.2, 0.25) is 10.4 Å². The van der Waals surface area contributed by atoms with Crippen LogP contribution in [0.15, 0.2) is 24.7 Å². The summed E-state index contributed by atoms with van der Waals surface area (Å²) in [5, 5.41) is 5.87. The van der Waals surface area contributed by atoms with Gasteiger partial charge in [0.15, 0.2) is 0 Å². The summed E-state index contributed by atoms with van der Waals surface area (Å²) < 4.78 is 4.19. The van der Waals surface area contributed by atoms with E-state index in [-0.39, 0.29) is 5.28 Å². The monoisotopic (exact) mass is 479 g/mol. The van der Waals surface area contributed by atoms with Crippen LogP contribution in [0, 0.1) is 0 Å². The maximum atomic E-state index is 6.17. The minimum Gasteiger partial charge on any atom is -0.329 e. The molecule has 0 spiro atoms. The van der Waals surface area contributed by atoms with E-state index in [0.717, 1.165) is 30.3 Å². The van der Waals surface area contributed by atoms with Crippen LogP contribution < -0.4 is 0 Å². The van der Waals surface area contributed by atoms with E-state index < -0.39 is 0 Å². The molecule has 0 saturated heterocycles. The molecule has 9 heteroatoms. The second kappa shape index (κ2) is 6.47. The van der Waals surface area contributed by atoms with Crippen molar-refractivity contribution in [3.8, 4) is 0 Å². The number of halogens is 3. The van der Waals surface area contributed by atoms with Crippen molar-refractivity contribution in [2.45, 2.75) is 31.2 Å². The van der Waals surface area contributed by atoms with Crippen molar-refractivity contribution in [1.82, 2.24) is 24.1 Å². The number of rotatable bonds is 3. The van der Waals surface area contributed by atoms with Gasteiger partial charge in [-0.1, -0.05) is 11.6 Å². The van der Waals surface area contributed by atoms with Crippen molar-refractivity contribution in [2.75, 3.05) is 0 Å². The predicted octanol–water partition coefficient (Wildman–Crippen LogP) is 5.24. The Balaban J connectivity index is 1.62. The van der Waals surface area contributed by atoms with E-state index >= 15 is 0 Å². The number of hydrogen-bond donors (Lipinski definition) is 0. The number of hydrogen-bond acceptors (Lipinski definition) is 3. The highest BCUT2D eigenvalue weighted by Gasteiger charge is 2.29. The largest absolute Gasteiger partial charge is 0.329 e. The zero-order valence-corrected chi connectivity index (χ0v) is 16.6. The van der Waals surface area contributed by atoms with Crippen LogP contribution in [-0.4, -0.2) is 24.1 Å². The molecule has 1 aliphatic carbocycles. The van der Waals surface area contributed by atoms with E-state index in [9.17, 15) is 0 Å². The van der Waals surface area contributed by atoms with Gasteiger partial charge >= 0.3 is 0 Å². The van der Waals surface area contributed by atoms with Gasteiger partial charge in [-0.2, -0.15) is 10.1 Å². The molecule has 23 heavy (non-hydrogen) atoms. The molecule has 3 heterocycles. The molecule has 0 aliphatic heterocycles. The first-order chi connectivity index (χ1) is 11.2. The summed E-state index contributed by atoms with van der Waals surface area (Å²) in [6.45, 7) is 0. The summed E-state index contributed by atoms with van der Waals surface area (Å²) in [5.41, 5.74) is 2.16. The van der Waals surface area contributed by atoms with Gasteiger partial charge in [0.2, 0.25) is 5.28 Å². The maximum Gasteiger partial charge on any atom is 0.225 e. The van der Waals surface area contributed by atoms with E-state index in [4.69, 9.17) is 23.2 Å². The van der Waals surface area contributed by atoms with E-state index in [1.54, 1.807) is 0 Å². The Hall–Kier alpha value is -0.430. The molecule has 1 fully saturated rings. The Labute approximate surface area is 158 Å². The Bertz CT molecular complexity index is 864. The molecule has 0 radical (unpaired) electrons. The third-order valence-electron chi connectivity index (χ3n) is 4.46. The average Bonchev–Trinajstić information content (AvgIpc) is 3.25. The summed E-state index contributed by atoms with van der Waals surface area (Å²) in [6, 6.07) is 2.38. The summed E-state index contributed by atoms with van der Waals surface area (Å²) in [7, 11) is 0. The van der Waals surface area contributed by atoms with Gasteiger partial charge < -0.3 is 4.57 Å². The van der Waals surface area contributed by atoms with E-state index in [1.165, 1.54) is 5.56 Å². The van der Waals surface area contributed by atoms with Gasteiger partial charge in [-0.3, -0.25) is 0 Å². The standard InChI is InChI=1S/C14H13Cl2IN5P/c15-12-11-3-4-21(13(11)20-14(16)19-12)10-2-1-8(5-10)9-6-18-22(7-9)23-17/h3-4,6-8,10,23H,1-2,5H2. The third kappa shape index (κ3) is 2.99. The molecule has 120 valence electrons. The zero-order valence-electron chi connectivity index (χ0n) is 12.0. The normalized spacial score (nSPS) is 21.9. The molecule has 0 bridgehead atoms. The fraction of sp³-hybridized carbons (Fsp3) is 0.357. The molecule has 4 rings (SSSR count). The van der Waals surface area contributed by atoms with Crippen LogP contribution in [0.4, 0.5) is 0 Å². The highest BCUT2D eigenvalue weighted by atomic mass is 127. The van der Waals surface area contributed by atoms with Gasteiger partial charge in [-0.25, -0.2) is 9.44 Å². The highest BCUT2D eigenvalue weighted by Crippen LogP contribution is 2.42. The van der Waals surface area contributed by atoms with Gasteiger partial charge in [0.25, 0.3) is 0 Å². The maximum absolute atomic E-state index is 6.17. The van der Waals surface area contributed by atoms with E-state index in [0.29, 0.717) is 23.5 Å². The highest BCUT2D eigenvalue weighted by molar-refractivity contribution is 14.2. The third-order valence-corrected chi connectivity index (χ3v) is 6.81. The van der Waals surface area contributed by atoms with Crippen molar-refractivity contribution >= 4 is 62.7 Å². The molecule has 3 aromatic heterocycles. The molecule has 3 atom stereocenters. The Morgan fingerprint density at radius 3 is 2.91 bits per heavy atom.